The fraction of sp³-hybridized carbons (Fsp3) is 0.0556. The van der Waals surface area contributed by atoms with Gasteiger partial charge in [-0.3, -0.25) is 19.2 Å². The smallest absolute Gasteiger partial charge is 0.255 e. The van der Waals surface area contributed by atoms with Crippen molar-refractivity contribution in [1.29, 1.82) is 0 Å². The van der Waals surface area contributed by atoms with Crippen LogP contribution in [-0.2, 0) is 0 Å². The highest BCUT2D eigenvalue weighted by Gasteiger charge is 2.12. The normalized spacial score (nSPS) is 10.4. The van der Waals surface area contributed by atoms with Crippen LogP contribution < -0.4 is 21.3 Å². The van der Waals surface area contributed by atoms with Crippen molar-refractivity contribution in [2.45, 2.75) is 13.8 Å². The highest BCUT2D eigenvalue weighted by atomic mass is 16.2. The van der Waals surface area contributed by atoms with Crippen molar-refractivity contribution in [2.75, 3.05) is 21.3 Å². The van der Waals surface area contributed by atoms with Crippen LogP contribution in [0.2, 0.25) is 0 Å². The molecule has 0 spiro atoms. The number of benzene rings is 5. The van der Waals surface area contributed by atoms with E-state index in [4.69, 9.17) is 0 Å². The molecule has 4 amide bonds. The summed E-state index contributed by atoms with van der Waals surface area (Å²) in [6, 6.07) is 34.5. The molecule has 5 aromatic carbocycles. The van der Waals surface area contributed by atoms with Crippen LogP contribution in [0.4, 0.5) is 22.7 Å². The van der Waals surface area contributed by atoms with E-state index in [1.165, 1.54) is 0 Å². The lowest BCUT2D eigenvalue weighted by Crippen LogP contribution is -2.15. The number of aryl methyl sites for hydroxylation is 2. The maximum absolute atomic E-state index is 12.8. The minimum Gasteiger partial charge on any atom is -0.322 e. The Hall–Kier alpha value is -6.02. The van der Waals surface area contributed by atoms with E-state index in [1.54, 1.807) is 97.1 Å². The van der Waals surface area contributed by atoms with Crippen LogP contribution >= 0.6 is 0 Å². The van der Waals surface area contributed by atoms with E-state index >= 15 is 0 Å². The fourth-order valence-electron chi connectivity index (χ4n) is 4.27. The highest BCUT2D eigenvalue weighted by molar-refractivity contribution is 6.08. The molecule has 218 valence electrons. The molecule has 0 aliphatic carbocycles. The van der Waals surface area contributed by atoms with Gasteiger partial charge in [-0.2, -0.15) is 0 Å². The van der Waals surface area contributed by atoms with Crippen LogP contribution in [0.1, 0.15) is 52.6 Å². The van der Waals surface area contributed by atoms with E-state index in [0.29, 0.717) is 45.0 Å². The van der Waals surface area contributed by atoms with Gasteiger partial charge in [-0.15, -0.1) is 0 Å². The first-order chi connectivity index (χ1) is 21.2. The summed E-state index contributed by atoms with van der Waals surface area (Å²) in [6.07, 6.45) is 0. The Morgan fingerprint density at radius 2 is 0.500 bits per heavy atom. The molecule has 44 heavy (non-hydrogen) atoms. The number of anilines is 4. The van der Waals surface area contributed by atoms with Crippen molar-refractivity contribution in [3.63, 3.8) is 0 Å². The quantitative estimate of drug-likeness (QED) is 0.153. The molecule has 0 fully saturated rings. The van der Waals surface area contributed by atoms with Crippen molar-refractivity contribution in [3.8, 4) is 0 Å². The first kappa shape index (κ1) is 29.5. The molecular formula is C36H30N4O4. The zero-order valence-corrected chi connectivity index (χ0v) is 24.2. The summed E-state index contributed by atoms with van der Waals surface area (Å²) < 4.78 is 0. The van der Waals surface area contributed by atoms with Crippen LogP contribution in [0.5, 0.6) is 0 Å². The molecular weight excluding hydrogens is 552 g/mol. The van der Waals surface area contributed by atoms with Gasteiger partial charge in [0.1, 0.15) is 0 Å². The van der Waals surface area contributed by atoms with Crippen LogP contribution in [0.3, 0.4) is 0 Å². The molecule has 0 unspecified atom stereocenters. The van der Waals surface area contributed by atoms with Crippen LogP contribution in [0, 0.1) is 13.8 Å². The Labute approximate surface area is 255 Å². The lowest BCUT2D eigenvalue weighted by molar-refractivity contribution is 0.101. The van der Waals surface area contributed by atoms with E-state index in [-0.39, 0.29) is 23.6 Å². The van der Waals surface area contributed by atoms with E-state index in [9.17, 15) is 19.2 Å². The van der Waals surface area contributed by atoms with E-state index < -0.39 is 0 Å². The Balaban J connectivity index is 1.12. The summed E-state index contributed by atoms with van der Waals surface area (Å²) in [5, 5.41) is 11.3. The third-order valence-corrected chi connectivity index (χ3v) is 6.84. The van der Waals surface area contributed by atoms with Gasteiger partial charge < -0.3 is 21.3 Å². The Morgan fingerprint density at radius 1 is 0.318 bits per heavy atom. The first-order valence-corrected chi connectivity index (χ1v) is 13.9. The number of carbonyl (C=O) groups is 4. The zero-order chi connectivity index (χ0) is 31.1. The van der Waals surface area contributed by atoms with Gasteiger partial charge in [0, 0.05) is 45.0 Å². The second-order valence-corrected chi connectivity index (χ2v) is 10.3. The van der Waals surface area contributed by atoms with Gasteiger partial charge in [0.2, 0.25) is 0 Å². The minimum absolute atomic E-state index is 0.217. The van der Waals surface area contributed by atoms with Crippen LogP contribution in [-0.4, -0.2) is 23.6 Å². The molecule has 0 aliphatic heterocycles. The molecule has 8 nitrogen and oxygen atoms in total. The molecule has 0 saturated heterocycles. The van der Waals surface area contributed by atoms with Gasteiger partial charge in [0.05, 0.1) is 0 Å². The standard InChI is InChI=1S/C36H30N4O4/c1-23-3-7-25(8-4-23)33(41)37-29-15-19-31(20-16-29)39-35(43)27-11-13-28(14-12-27)36(44)40-32-21-17-30(18-22-32)38-34(42)26-9-5-24(2)6-10-26/h3-22H,1-2H3,(H,37,41)(H,38,42)(H,39,43)(H,40,44). The number of amides is 4. The predicted molar refractivity (Wildman–Crippen MR) is 173 cm³/mol. The SMILES string of the molecule is Cc1ccc(C(=O)Nc2ccc(NC(=O)c3ccc(C(=O)Nc4ccc(NC(=O)c5ccc(C)cc5)cc4)cc3)cc2)cc1. The van der Waals surface area contributed by atoms with Crippen molar-refractivity contribution in [2.24, 2.45) is 0 Å². The second-order valence-electron chi connectivity index (χ2n) is 10.3. The number of rotatable bonds is 8. The van der Waals surface area contributed by atoms with Crippen LogP contribution in [0.15, 0.2) is 121 Å². The van der Waals surface area contributed by atoms with Crippen LogP contribution in [0.25, 0.3) is 0 Å². The third-order valence-electron chi connectivity index (χ3n) is 6.84. The Bertz CT molecular complexity index is 1660. The monoisotopic (exact) mass is 582 g/mol. The number of hydrogen-bond acceptors (Lipinski definition) is 4. The predicted octanol–water partition coefficient (Wildman–Crippen LogP) is 7.31. The molecule has 0 aliphatic rings. The molecule has 5 rings (SSSR count). The Kier molecular flexibility index (Phi) is 8.91. The van der Waals surface area contributed by atoms with Gasteiger partial charge in [-0.05, 0) is 111 Å². The molecule has 0 heterocycles. The molecule has 0 radical (unpaired) electrons. The number of carbonyl (C=O) groups excluding carboxylic acids is 4. The molecule has 0 saturated carbocycles. The average molecular weight is 583 g/mol. The van der Waals surface area contributed by atoms with Gasteiger partial charge in [-0.1, -0.05) is 35.4 Å². The maximum atomic E-state index is 12.8. The van der Waals surface area contributed by atoms with Gasteiger partial charge in [-0.25, -0.2) is 0 Å². The minimum atomic E-state index is -0.336. The van der Waals surface area contributed by atoms with Crippen molar-refractivity contribution >= 4 is 46.4 Å². The van der Waals surface area contributed by atoms with Crippen molar-refractivity contribution in [1.82, 2.24) is 0 Å². The molecule has 4 N–H and O–H groups in total. The summed E-state index contributed by atoms with van der Waals surface area (Å²) in [6.45, 7) is 3.92. The molecule has 0 aromatic heterocycles. The topological polar surface area (TPSA) is 116 Å². The van der Waals surface area contributed by atoms with Crippen molar-refractivity contribution in [3.05, 3.63) is 155 Å². The summed E-state index contributed by atoms with van der Waals surface area (Å²) in [5.41, 5.74) is 6.35. The third kappa shape index (κ3) is 7.63. The fourth-order valence-corrected chi connectivity index (χ4v) is 4.27. The van der Waals surface area contributed by atoms with E-state index in [2.05, 4.69) is 21.3 Å². The van der Waals surface area contributed by atoms with Crippen molar-refractivity contribution < 1.29 is 19.2 Å². The highest BCUT2D eigenvalue weighted by Crippen LogP contribution is 2.18. The molecule has 0 bridgehead atoms. The zero-order valence-electron chi connectivity index (χ0n) is 24.2. The molecule has 5 aromatic rings. The van der Waals surface area contributed by atoms with Gasteiger partial charge in [0.25, 0.3) is 23.6 Å². The summed E-state index contributed by atoms with van der Waals surface area (Å²) in [7, 11) is 0. The molecule has 0 atom stereocenters. The summed E-state index contributed by atoms with van der Waals surface area (Å²) >= 11 is 0. The maximum Gasteiger partial charge on any atom is 0.255 e. The van der Waals surface area contributed by atoms with E-state index in [1.807, 2.05) is 38.1 Å². The number of hydrogen-bond donors (Lipinski definition) is 4. The molecule has 8 heteroatoms. The van der Waals surface area contributed by atoms with Gasteiger partial charge >= 0.3 is 0 Å². The second kappa shape index (κ2) is 13.3. The first-order valence-electron chi connectivity index (χ1n) is 13.9. The largest absolute Gasteiger partial charge is 0.322 e. The lowest BCUT2D eigenvalue weighted by Gasteiger charge is -2.10. The average Bonchev–Trinajstić information content (AvgIpc) is 3.03. The number of nitrogens with one attached hydrogen (secondary N) is 4. The van der Waals surface area contributed by atoms with E-state index in [0.717, 1.165) is 11.1 Å². The lowest BCUT2D eigenvalue weighted by atomic mass is 10.1. The Morgan fingerprint density at radius 3 is 0.705 bits per heavy atom. The summed E-state index contributed by atoms with van der Waals surface area (Å²) in [5.74, 6) is -1.11. The van der Waals surface area contributed by atoms with Gasteiger partial charge in [0.15, 0.2) is 0 Å². The summed E-state index contributed by atoms with van der Waals surface area (Å²) in [4.78, 5) is 50.4.